The SMILES string of the molecule is CC(C)c1csc(C(C)(N)C(C)C)n1. The van der Waals surface area contributed by atoms with E-state index in [4.69, 9.17) is 5.73 Å². The van der Waals surface area contributed by atoms with Gasteiger partial charge in [0, 0.05) is 5.38 Å². The van der Waals surface area contributed by atoms with E-state index in [0.717, 1.165) is 10.7 Å². The maximum atomic E-state index is 6.24. The Morgan fingerprint density at radius 1 is 1.36 bits per heavy atom. The zero-order valence-electron chi connectivity index (χ0n) is 9.66. The van der Waals surface area contributed by atoms with Gasteiger partial charge in [0.25, 0.3) is 0 Å². The predicted octanol–water partition coefficient (Wildman–Crippen LogP) is 3.10. The lowest BCUT2D eigenvalue weighted by Crippen LogP contribution is -2.38. The van der Waals surface area contributed by atoms with Crippen LogP contribution in [-0.4, -0.2) is 4.98 Å². The Labute approximate surface area is 90.6 Å². The Balaban J connectivity index is 2.97. The van der Waals surface area contributed by atoms with E-state index >= 15 is 0 Å². The number of nitrogens with two attached hydrogens (primary N) is 1. The molecule has 1 heterocycles. The van der Waals surface area contributed by atoms with Crippen LogP contribution in [0.1, 0.15) is 51.2 Å². The highest BCUT2D eigenvalue weighted by Crippen LogP contribution is 2.30. The van der Waals surface area contributed by atoms with Gasteiger partial charge in [0.15, 0.2) is 0 Å². The van der Waals surface area contributed by atoms with Crippen LogP contribution in [0.3, 0.4) is 0 Å². The summed E-state index contributed by atoms with van der Waals surface area (Å²) in [6.45, 7) is 10.6. The van der Waals surface area contributed by atoms with Gasteiger partial charge in [-0.2, -0.15) is 0 Å². The first-order valence-corrected chi connectivity index (χ1v) is 5.98. The van der Waals surface area contributed by atoms with Crippen LogP contribution in [0, 0.1) is 5.92 Å². The molecule has 0 saturated carbocycles. The van der Waals surface area contributed by atoms with E-state index in [1.165, 1.54) is 0 Å². The summed E-state index contributed by atoms with van der Waals surface area (Å²) in [6.07, 6.45) is 0. The zero-order chi connectivity index (χ0) is 10.9. The summed E-state index contributed by atoms with van der Waals surface area (Å²) in [5.74, 6) is 0.900. The van der Waals surface area contributed by atoms with Crippen LogP contribution in [0.2, 0.25) is 0 Å². The van der Waals surface area contributed by atoms with E-state index in [1.54, 1.807) is 11.3 Å². The second kappa shape index (κ2) is 3.99. The van der Waals surface area contributed by atoms with Crippen molar-refractivity contribution in [3.8, 4) is 0 Å². The van der Waals surface area contributed by atoms with Crippen LogP contribution in [0.4, 0.5) is 0 Å². The Bertz CT molecular complexity index is 300. The van der Waals surface area contributed by atoms with Crippen molar-refractivity contribution in [2.75, 3.05) is 0 Å². The monoisotopic (exact) mass is 212 g/mol. The fourth-order valence-corrected chi connectivity index (χ4v) is 2.25. The Morgan fingerprint density at radius 2 is 1.93 bits per heavy atom. The summed E-state index contributed by atoms with van der Waals surface area (Å²) in [5, 5.41) is 3.17. The van der Waals surface area contributed by atoms with E-state index in [1.807, 2.05) is 0 Å². The standard InChI is InChI=1S/C11H20N2S/c1-7(2)9-6-14-10(13-9)11(5,12)8(3)4/h6-8H,12H2,1-5H3. The number of hydrogen-bond donors (Lipinski definition) is 1. The molecule has 0 fully saturated rings. The van der Waals surface area contributed by atoms with E-state index in [-0.39, 0.29) is 5.54 Å². The summed E-state index contributed by atoms with van der Waals surface area (Å²) in [4.78, 5) is 4.60. The second-order valence-corrected chi connectivity index (χ2v) is 5.53. The van der Waals surface area contributed by atoms with Gasteiger partial charge in [0.05, 0.1) is 11.2 Å². The predicted molar refractivity (Wildman–Crippen MR) is 62.6 cm³/mol. The lowest BCUT2D eigenvalue weighted by Gasteiger charge is -2.26. The largest absolute Gasteiger partial charge is 0.319 e. The fraction of sp³-hybridized carbons (Fsp3) is 0.727. The molecule has 0 aliphatic rings. The molecule has 3 heteroatoms. The quantitative estimate of drug-likeness (QED) is 0.836. The van der Waals surface area contributed by atoms with Gasteiger partial charge in [-0.05, 0) is 18.8 Å². The average molecular weight is 212 g/mol. The number of hydrogen-bond acceptors (Lipinski definition) is 3. The molecule has 0 aromatic carbocycles. The van der Waals surface area contributed by atoms with Gasteiger partial charge in [-0.1, -0.05) is 27.7 Å². The fourth-order valence-electron chi connectivity index (χ4n) is 1.05. The molecule has 0 saturated heterocycles. The Hall–Kier alpha value is -0.410. The third-order valence-corrected chi connectivity index (χ3v) is 3.89. The second-order valence-electron chi connectivity index (χ2n) is 4.67. The van der Waals surface area contributed by atoms with Crippen molar-refractivity contribution in [1.82, 2.24) is 4.98 Å². The summed E-state index contributed by atoms with van der Waals surface area (Å²) in [6, 6.07) is 0. The minimum atomic E-state index is -0.294. The van der Waals surface area contributed by atoms with Gasteiger partial charge in [-0.15, -0.1) is 11.3 Å². The molecule has 2 nitrogen and oxygen atoms in total. The maximum Gasteiger partial charge on any atom is 0.113 e. The smallest absolute Gasteiger partial charge is 0.113 e. The van der Waals surface area contributed by atoms with Crippen LogP contribution >= 0.6 is 11.3 Å². The molecule has 2 N–H and O–H groups in total. The molecule has 1 aromatic heterocycles. The number of thiazole rings is 1. The molecule has 0 spiro atoms. The lowest BCUT2D eigenvalue weighted by molar-refractivity contribution is 0.348. The number of nitrogens with zero attached hydrogens (tertiary/aromatic N) is 1. The number of aromatic nitrogens is 1. The molecule has 0 amide bonds. The van der Waals surface area contributed by atoms with E-state index in [9.17, 15) is 0 Å². The van der Waals surface area contributed by atoms with Gasteiger partial charge in [0.2, 0.25) is 0 Å². The molecule has 0 aliphatic carbocycles. The lowest BCUT2D eigenvalue weighted by atomic mass is 9.90. The normalized spacial score (nSPS) is 16.3. The third-order valence-electron chi connectivity index (χ3n) is 2.77. The first kappa shape index (κ1) is 11.7. The molecule has 0 aliphatic heterocycles. The summed E-state index contributed by atoms with van der Waals surface area (Å²) < 4.78 is 0. The first-order chi connectivity index (χ1) is 6.35. The molecule has 1 rings (SSSR count). The van der Waals surface area contributed by atoms with Crippen LogP contribution in [0.5, 0.6) is 0 Å². The topological polar surface area (TPSA) is 38.9 Å². The molecule has 1 atom stereocenters. The molecule has 1 aromatic rings. The van der Waals surface area contributed by atoms with Gasteiger partial charge in [-0.25, -0.2) is 4.98 Å². The van der Waals surface area contributed by atoms with Crippen LogP contribution in [-0.2, 0) is 5.54 Å². The van der Waals surface area contributed by atoms with Crippen LogP contribution in [0.15, 0.2) is 5.38 Å². The van der Waals surface area contributed by atoms with Gasteiger partial charge in [-0.3, -0.25) is 0 Å². The van der Waals surface area contributed by atoms with Gasteiger partial charge < -0.3 is 5.73 Å². The zero-order valence-corrected chi connectivity index (χ0v) is 10.5. The van der Waals surface area contributed by atoms with Crippen molar-refractivity contribution in [2.24, 2.45) is 11.7 Å². The summed E-state index contributed by atoms with van der Waals surface area (Å²) >= 11 is 1.68. The molecule has 0 bridgehead atoms. The third kappa shape index (κ3) is 2.15. The van der Waals surface area contributed by atoms with Crippen molar-refractivity contribution in [2.45, 2.75) is 46.1 Å². The highest BCUT2D eigenvalue weighted by molar-refractivity contribution is 7.09. The summed E-state index contributed by atoms with van der Waals surface area (Å²) in [7, 11) is 0. The highest BCUT2D eigenvalue weighted by Gasteiger charge is 2.28. The highest BCUT2D eigenvalue weighted by atomic mass is 32.1. The van der Waals surface area contributed by atoms with Crippen LogP contribution in [0.25, 0.3) is 0 Å². The molecule has 0 radical (unpaired) electrons. The Morgan fingerprint density at radius 3 is 2.29 bits per heavy atom. The minimum absolute atomic E-state index is 0.294. The molecule has 14 heavy (non-hydrogen) atoms. The van der Waals surface area contributed by atoms with E-state index in [0.29, 0.717) is 11.8 Å². The van der Waals surface area contributed by atoms with Gasteiger partial charge in [0.1, 0.15) is 5.01 Å². The molecule has 1 unspecified atom stereocenters. The number of rotatable bonds is 3. The van der Waals surface area contributed by atoms with E-state index < -0.39 is 0 Å². The van der Waals surface area contributed by atoms with Crippen molar-refractivity contribution in [3.63, 3.8) is 0 Å². The molecular weight excluding hydrogens is 192 g/mol. The summed E-state index contributed by atoms with van der Waals surface area (Å²) in [5.41, 5.74) is 7.10. The minimum Gasteiger partial charge on any atom is -0.319 e. The maximum absolute atomic E-state index is 6.24. The van der Waals surface area contributed by atoms with Crippen LogP contribution < -0.4 is 5.73 Å². The van der Waals surface area contributed by atoms with Crippen molar-refractivity contribution < 1.29 is 0 Å². The average Bonchev–Trinajstić information content (AvgIpc) is 2.51. The molecular formula is C11H20N2S. The van der Waals surface area contributed by atoms with Crippen molar-refractivity contribution in [1.29, 1.82) is 0 Å². The van der Waals surface area contributed by atoms with Gasteiger partial charge >= 0.3 is 0 Å². The van der Waals surface area contributed by atoms with E-state index in [2.05, 4.69) is 45.0 Å². The van der Waals surface area contributed by atoms with Crippen molar-refractivity contribution >= 4 is 11.3 Å². The first-order valence-electron chi connectivity index (χ1n) is 5.10. The Kier molecular flexibility index (Phi) is 3.32. The van der Waals surface area contributed by atoms with Crippen molar-refractivity contribution in [3.05, 3.63) is 16.1 Å². The molecule has 80 valence electrons.